The van der Waals surface area contributed by atoms with Crippen LogP contribution in [0.2, 0.25) is 5.02 Å². The quantitative estimate of drug-likeness (QED) is 0.431. The highest BCUT2D eigenvalue weighted by Crippen LogP contribution is 2.40. The van der Waals surface area contributed by atoms with Crippen molar-refractivity contribution < 1.29 is 19.0 Å². The number of aliphatic imine (C=N–C) groups is 1. The van der Waals surface area contributed by atoms with Crippen LogP contribution in [0.1, 0.15) is 26.3 Å². The Bertz CT molecular complexity index is 1010. The Hall–Kier alpha value is -2.48. The second-order valence-electron chi connectivity index (χ2n) is 7.22. The molecule has 1 fully saturated rings. The third-order valence-corrected chi connectivity index (χ3v) is 5.66. The Morgan fingerprint density at radius 3 is 2.62 bits per heavy atom. The number of carbonyl (C=O) groups is 1. The second kappa shape index (κ2) is 11.4. The van der Waals surface area contributed by atoms with Gasteiger partial charge in [-0.3, -0.25) is 9.69 Å². The molecule has 2 aromatic carbocycles. The van der Waals surface area contributed by atoms with Crippen LogP contribution in [0.5, 0.6) is 11.5 Å². The fraction of sp³-hybridized carbons (Fsp3) is 0.333. The molecule has 0 aromatic heterocycles. The van der Waals surface area contributed by atoms with Gasteiger partial charge in [0.2, 0.25) is 0 Å². The molecule has 0 aliphatic carbocycles. The molecule has 6 nitrogen and oxygen atoms in total. The molecular weight excluding hydrogens is 448 g/mol. The Balaban J connectivity index is 1.96. The molecule has 1 aliphatic rings. The SMILES string of the molecule is CCOc1cc(/C=C2/SC(=Nc3ccccc3)N(CCOC)C2=O)cc(Cl)c1OC(C)C. The van der Waals surface area contributed by atoms with Crippen LogP contribution in [0.15, 0.2) is 52.4 Å². The standard InChI is InChI=1S/C24H27ClN2O4S/c1-5-30-20-14-17(13-19(25)22(20)31-16(2)3)15-21-23(28)27(11-12-29-4)24(32-21)26-18-9-7-6-8-10-18/h6-10,13-16H,5,11-12H2,1-4H3/b21-15+,26-24?. The van der Waals surface area contributed by atoms with Crippen molar-refractivity contribution in [2.75, 3.05) is 26.9 Å². The number of hydrogen-bond donors (Lipinski definition) is 0. The van der Waals surface area contributed by atoms with Gasteiger partial charge >= 0.3 is 0 Å². The van der Waals surface area contributed by atoms with Gasteiger partial charge < -0.3 is 14.2 Å². The van der Waals surface area contributed by atoms with E-state index in [0.29, 0.717) is 46.4 Å². The number of hydrogen-bond acceptors (Lipinski definition) is 6. The summed E-state index contributed by atoms with van der Waals surface area (Å²) in [4.78, 5) is 20.0. The number of nitrogens with zero attached hydrogens (tertiary/aromatic N) is 2. The first kappa shape index (κ1) is 24.2. The lowest BCUT2D eigenvalue weighted by molar-refractivity contribution is -0.122. The maximum absolute atomic E-state index is 13.1. The van der Waals surface area contributed by atoms with Crippen LogP contribution in [0.3, 0.4) is 0 Å². The minimum absolute atomic E-state index is 0.0472. The molecule has 0 saturated carbocycles. The van der Waals surface area contributed by atoms with E-state index in [-0.39, 0.29) is 12.0 Å². The predicted octanol–water partition coefficient (Wildman–Crippen LogP) is 5.78. The number of para-hydroxylation sites is 1. The highest BCUT2D eigenvalue weighted by molar-refractivity contribution is 8.18. The largest absolute Gasteiger partial charge is 0.490 e. The lowest BCUT2D eigenvalue weighted by atomic mass is 10.1. The second-order valence-corrected chi connectivity index (χ2v) is 8.64. The van der Waals surface area contributed by atoms with Crippen molar-refractivity contribution in [3.05, 3.63) is 58.0 Å². The zero-order valence-corrected chi connectivity index (χ0v) is 20.2. The first-order chi connectivity index (χ1) is 15.4. The summed E-state index contributed by atoms with van der Waals surface area (Å²) < 4.78 is 16.8. The zero-order chi connectivity index (χ0) is 23.1. The lowest BCUT2D eigenvalue weighted by Crippen LogP contribution is -2.32. The van der Waals surface area contributed by atoms with Crippen molar-refractivity contribution in [1.29, 1.82) is 0 Å². The fourth-order valence-electron chi connectivity index (χ4n) is 3.02. The Kier molecular flexibility index (Phi) is 8.61. The van der Waals surface area contributed by atoms with E-state index >= 15 is 0 Å². The van der Waals surface area contributed by atoms with Crippen molar-refractivity contribution in [2.45, 2.75) is 26.9 Å². The zero-order valence-electron chi connectivity index (χ0n) is 18.6. The molecule has 0 bridgehead atoms. The van der Waals surface area contributed by atoms with E-state index in [1.165, 1.54) is 11.8 Å². The summed E-state index contributed by atoms with van der Waals surface area (Å²) in [6, 6.07) is 13.2. The van der Waals surface area contributed by atoms with Gasteiger partial charge in [-0.25, -0.2) is 4.99 Å². The molecule has 170 valence electrons. The number of thioether (sulfide) groups is 1. The van der Waals surface area contributed by atoms with Gasteiger partial charge in [-0.05, 0) is 68.4 Å². The lowest BCUT2D eigenvalue weighted by Gasteiger charge is -2.16. The van der Waals surface area contributed by atoms with E-state index < -0.39 is 0 Å². The molecule has 1 amide bonds. The Labute approximate surface area is 198 Å². The summed E-state index contributed by atoms with van der Waals surface area (Å²) in [6.45, 7) is 7.05. The van der Waals surface area contributed by atoms with Crippen LogP contribution in [0, 0.1) is 0 Å². The van der Waals surface area contributed by atoms with E-state index in [1.54, 1.807) is 24.2 Å². The van der Waals surface area contributed by atoms with E-state index in [1.807, 2.05) is 57.2 Å². The number of ether oxygens (including phenoxy) is 3. The van der Waals surface area contributed by atoms with Crippen LogP contribution in [0.25, 0.3) is 6.08 Å². The average molecular weight is 475 g/mol. The number of methoxy groups -OCH3 is 1. The number of rotatable bonds is 9. The van der Waals surface area contributed by atoms with Crippen LogP contribution in [-0.4, -0.2) is 48.9 Å². The van der Waals surface area contributed by atoms with Gasteiger partial charge in [0.25, 0.3) is 5.91 Å². The maximum atomic E-state index is 13.1. The number of carbonyl (C=O) groups excluding carboxylic acids is 1. The molecule has 1 saturated heterocycles. The summed E-state index contributed by atoms with van der Waals surface area (Å²) >= 11 is 7.82. The predicted molar refractivity (Wildman–Crippen MR) is 131 cm³/mol. The summed E-state index contributed by atoms with van der Waals surface area (Å²) in [5.41, 5.74) is 1.53. The molecule has 0 spiro atoms. The van der Waals surface area contributed by atoms with Crippen molar-refractivity contribution in [2.24, 2.45) is 4.99 Å². The minimum Gasteiger partial charge on any atom is -0.490 e. The smallest absolute Gasteiger partial charge is 0.266 e. The summed E-state index contributed by atoms with van der Waals surface area (Å²) in [5.74, 6) is 0.924. The highest BCUT2D eigenvalue weighted by atomic mass is 35.5. The first-order valence-corrected chi connectivity index (χ1v) is 11.6. The highest BCUT2D eigenvalue weighted by Gasteiger charge is 2.33. The topological polar surface area (TPSA) is 60.4 Å². The Morgan fingerprint density at radius 2 is 1.97 bits per heavy atom. The molecule has 0 N–H and O–H groups in total. The monoisotopic (exact) mass is 474 g/mol. The van der Waals surface area contributed by atoms with Crippen LogP contribution in [0.4, 0.5) is 5.69 Å². The number of amides is 1. The maximum Gasteiger partial charge on any atom is 0.266 e. The van der Waals surface area contributed by atoms with E-state index in [2.05, 4.69) is 4.99 Å². The van der Waals surface area contributed by atoms with Gasteiger partial charge in [-0.1, -0.05) is 29.8 Å². The van der Waals surface area contributed by atoms with E-state index in [4.69, 9.17) is 25.8 Å². The van der Waals surface area contributed by atoms with Crippen LogP contribution < -0.4 is 9.47 Å². The molecule has 0 atom stereocenters. The number of halogens is 1. The molecule has 2 aromatic rings. The van der Waals surface area contributed by atoms with Gasteiger partial charge in [-0.15, -0.1) is 0 Å². The van der Waals surface area contributed by atoms with Gasteiger partial charge in [0.05, 0.1) is 41.5 Å². The molecule has 0 unspecified atom stereocenters. The van der Waals surface area contributed by atoms with Gasteiger partial charge in [0, 0.05) is 7.11 Å². The molecule has 1 heterocycles. The summed E-state index contributed by atoms with van der Waals surface area (Å²) in [5, 5.41) is 1.04. The Morgan fingerprint density at radius 1 is 1.22 bits per heavy atom. The molecule has 3 rings (SSSR count). The first-order valence-electron chi connectivity index (χ1n) is 10.4. The third-order valence-electron chi connectivity index (χ3n) is 4.37. The van der Waals surface area contributed by atoms with Crippen molar-refractivity contribution in [3.63, 3.8) is 0 Å². The van der Waals surface area contributed by atoms with Crippen molar-refractivity contribution in [3.8, 4) is 11.5 Å². The van der Waals surface area contributed by atoms with Crippen LogP contribution in [-0.2, 0) is 9.53 Å². The molecule has 8 heteroatoms. The van der Waals surface area contributed by atoms with E-state index in [9.17, 15) is 4.79 Å². The minimum atomic E-state index is -0.127. The molecule has 32 heavy (non-hydrogen) atoms. The third kappa shape index (κ3) is 6.06. The number of benzene rings is 2. The number of amidine groups is 1. The fourth-order valence-corrected chi connectivity index (χ4v) is 4.31. The van der Waals surface area contributed by atoms with Crippen molar-refractivity contribution in [1.82, 2.24) is 4.90 Å². The van der Waals surface area contributed by atoms with Gasteiger partial charge in [0.15, 0.2) is 16.7 Å². The normalized spacial score (nSPS) is 16.4. The van der Waals surface area contributed by atoms with E-state index in [0.717, 1.165) is 11.3 Å². The van der Waals surface area contributed by atoms with Crippen molar-refractivity contribution >= 4 is 46.2 Å². The molecule has 1 aliphatic heterocycles. The average Bonchev–Trinajstić information content (AvgIpc) is 3.04. The molecular formula is C24H27ClN2O4S. The summed E-state index contributed by atoms with van der Waals surface area (Å²) in [6.07, 6.45) is 1.75. The van der Waals surface area contributed by atoms with Crippen LogP contribution >= 0.6 is 23.4 Å². The summed E-state index contributed by atoms with van der Waals surface area (Å²) in [7, 11) is 1.61. The van der Waals surface area contributed by atoms with Gasteiger partial charge in [0.1, 0.15) is 0 Å². The molecule has 0 radical (unpaired) electrons. The van der Waals surface area contributed by atoms with Gasteiger partial charge in [-0.2, -0.15) is 0 Å².